The summed E-state index contributed by atoms with van der Waals surface area (Å²) < 4.78 is 5.35. The molecule has 1 aliphatic carbocycles. The molecule has 16 heavy (non-hydrogen) atoms. The van der Waals surface area contributed by atoms with E-state index >= 15 is 0 Å². The van der Waals surface area contributed by atoms with Crippen LogP contribution in [0.2, 0.25) is 0 Å². The molecule has 0 amide bonds. The molecule has 0 atom stereocenters. The number of ether oxygens (including phenoxy) is 1. The van der Waals surface area contributed by atoms with Crippen LogP contribution in [0.25, 0.3) is 0 Å². The molecule has 1 heterocycles. The third-order valence-electron chi connectivity index (χ3n) is 4.64. The van der Waals surface area contributed by atoms with Crippen LogP contribution in [0.5, 0.6) is 0 Å². The highest BCUT2D eigenvalue weighted by Crippen LogP contribution is 2.43. The van der Waals surface area contributed by atoms with Gasteiger partial charge in [0.15, 0.2) is 0 Å². The largest absolute Gasteiger partial charge is 0.381 e. The van der Waals surface area contributed by atoms with E-state index in [2.05, 4.69) is 6.92 Å². The summed E-state index contributed by atoms with van der Waals surface area (Å²) in [6, 6.07) is 0. The zero-order valence-electron chi connectivity index (χ0n) is 10.5. The summed E-state index contributed by atoms with van der Waals surface area (Å²) in [5.74, 6) is 1.16. The van der Waals surface area contributed by atoms with Crippen LogP contribution in [0.4, 0.5) is 0 Å². The molecule has 92 valence electrons. The van der Waals surface area contributed by atoms with Crippen LogP contribution < -0.4 is 0 Å². The number of hydrogen-bond donors (Lipinski definition) is 0. The van der Waals surface area contributed by atoms with Crippen molar-refractivity contribution in [2.45, 2.75) is 58.3 Å². The predicted molar refractivity (Wildman–Crippen MR) is 64.4 cm³/mol. The fraction of sp³-hybridized carbons (Fsp3) is 0.929. The van der Waals surface area contributed by atoms with Gasteiger partial charge < -0.3 is 4.74 Å². The Morgan fingerprint density at radius 3 is 2.44 bits per heavy atom. The minimum absolute atomic E-state index is 0.0678. The number of carbonyl (C=O) groups excluding carboxylic acids is 1. The van der Waals surface area contributed by atoms with Gasteiger partial charge in [-0.3, -0.25) is 4.79 Å². The first-order valence-electron chi connectivity index (χ1n) is 6.88. The molecule has 0 aromatic heterocycles. The SMILES string of the molecule is CCC1(C(=O)CC2CCOCC2)CCCC1. The molecule has 1 saturated heterocycles. The van der Waals surface area contributed by atoms with E-state index in [1.165, 1.54) is 12.8 Å². The summed E-state index contributed by atoms with van der Waals surface area (Å²) in [5, 5.41) is 0. The molecule has 0 spiro atoms. The fourth-order valence-corrected chi connectivity index (χ4v) is 3.31. The topological polar surface area (TPSA) is 26.3 Å². The second-order valence-electron chi connectivity index (χ2n) is 5.52. The zero-order chi connectivity index (χ0) is 11.4. The summed E-state index contributed by atoms with van der Waals surface area (Å²) in [4.78, 5) is 12.4. The molecule has 1 aliphatic heterocycles. The molecule has 0 aromatic carbocycles. The molecule has 2 heteroatoms. The van der Waals surface area contributed by atoms with Gasteiger partial charge in [-0.1, -0.05) is 19.8 Å². The van der Waals surface area contributed by atoms with Gasteiger partial charge in [-0.15, -0.1) is 0 Å². The van der Waals surface area contributed by atoms with Gasteiger partial charge in [-0.05, 0) is 38.0 Å². The van der Waals surface area contributed by atoms with Crippen molar-refractivity contribution in [2.24, 2.45) is 11.3 Å². The van der Waals surface area contributed by atoms with Crippen molar-refractivity contribution in [3.63, 3.8) is 0 Å². The first-order chi connectivity index (χ1) is 7.77. The van der Waals surface area contributed by atoms with Crippen molar-refractivity contribution in [2.75, 3.05) is 13.2 Å². The Hall–Kier alpha value is -0.370. The van der Waals surface area contributed by atoms with Crippen molar-refractivity contribution in [1.82, 2.24) is 0 Å². The lowest BCUT2D eigenvalue weighted by atomic mass is 9.75. The van der Waals surface area contributed by atoms with Crippen molar-refractivity contribution >= 4 is 5.78 Å². The third kappa shape index (κ3) is 2.48. The van der Waals surface area contributed by atoms with Crippen molar-refractivity contribution in [3.05, 3.63) is 0 Å². The molecule has 0 radical (unpaired) electrons. The highest BCUT2D eigenvalue weighted by molar-refractivity contribution is 5.85. The van der Waals surface area contributed by atoms with E-state index < -0.39 is 0 Å². The zero-order valence-corrected chi connectivity index (χ0v) is 10.5. The number of rotatable bonds is 4. The van der Waals surface area contributed by atoms with E-state index in [9.17, 15) is 4.79 Å². The van der Waals surface area contributed by atoms with Crippen LogP contribution in [0.3, 0.4) is 0 Å². The first kappa shape index (κ1) is 12.1. The maximum absolute atomic E-state index is 12.4. The molecule has 2 rings (SSSR count). The fourth-order valence-electron chi connectivity index (χ4n) is 3.31. The normalized spacial score (nSPS) is 25.8. The molecule has 0 unspecified atom stereocenters. The van der Waals surface area contributed by atoms with Crippen LogP contribution in [0.1, 0.15) is 58.3 Å². The third-order valence-corrected chi connectivity index (χ3v) is 4.64. The quantitative estimate of drug-likeness (QED) is 0.732. The van der Waals surface area contributed by atoms with Crippen molar-refractivity contribution in [3.8, 4) is 0 Å². The highest BCUT2D eigenvalue weighted by Gasteiger charge is 2.39. The molecule has 0 N–H and O–H groups in total. The number of ketones is 1. The lowest BCUT2D eigenvalue weighted by Crippen LogP contribution is -2.30. The van der Waals surface area contributed by atoms with Gasteiger partial charge >= 0.3 is 0 Å². The Balaban J connectivity index is 1.90. The standard InChI is InChI=1S/C14H24O2/c1-2-14(7-3-4-8-14)13(15)11-12-5-9-16-10-6-12/h12H,2-11H2,1H3. The molecule has 2 aliphatic rings. The lowest BCUT2D eigenvalue weighted by molar-refractivity contribution is -0.130. The maximum Gasteiger partial charge on any atom is 0.139 e. The summed E-state index contributed by atoms with van der Waals surface area (Å²) >= 11 is 0. The smallest absolute Gasteiger partial charge is 0.139 e. The van der Waals surface area contributed by atoms with Gasteiger partial charge in [0.05, 0.1) is 0 Å². The Kier molecular flexibility index (Phi) is 4.01. The average molecular weight is 224 g/mol. The van der Waals surface area contributed by atoms with Gasteiger partial charge in [0.1, 0.15) is 5.78 Å². The van der Waals surface area contributed by atoms with Crippen molar-refractivity contribution < 1.29 is 9.53 Å². The molecule has 2 nitrogen and oxygen atoms in total. The van der Waals surface area contributed by atoms with E-state index in [0.717, 1.165) is 51.7 Å². The molecule has 0 aromatic rings. The Bertz CT molecular complexity index is 235. The van der Waals surface area contributed by atoms with E-state index in [-0.39, 0.29) is 5.41 Å². The van der Waals surface area contributed by atoms with E-state index in [1.807, 2.05) is 0 Å². The summed E-state index contributed by atoms with van der Waals surface area (Å²) in [6.45, 7) is 3.90. The average Bonchev–Trinajstić information content (AvgIpc) is 2.80. The molecular formula is C14H24O2. The van der Waals surface area contributed by atoms with Gasteiger partial charge in [0.25, 0.3) is 0 Å². The second-order valence-corrected chi connectivity index (χ2v) is 5.52. The van der Waals surface area contributed by atoms with Crippen LogP contribution in [0.15, 0.2) is 0 Å². The number of Topliss-reactive ketones (excluding diaryl/α,β-unsaturated/α-hetero) is 1. The Morgan fingerprint density at radius 2 is 1.88 bits per heavy atom. The van der Waals surface area contributed by atoms with Crippen LogP contribution in [-0.4, -0.2) is 19.0 Å². The van der Waals surface area contributed by atoms with E-state index in [1.54, 1.807) is 0 Å². The molecular weight excluding hydrogens is 200 g/mol. The minimum atomic E-state index is 0.0678. The Labute approximate surface area is 98.7 Å². The van der Waals surface area contributed by atoms with Gasteiger partial charge in [-0.25, -0.2) is 0 Å². The molecule has 2 fully saturated rings. The van der Waals surface area contributed by atoms with E-state index in [0.29, 0.717) is 11.7 Å². The van der Waals surface area contributed by atoms with Crippen LogP contribution in [-0.2, 0) is 9.53 Å². The summed E-state index contributed by atoms with van der Waals surface area (Å²) in [7, 11) is 0. The van der Waals surface area contributed by atoms with Crippen LogP contribution in [0, 0.1) is 11.3 Å². The number of carbonyl (C=O) groups is 1. The lowest BCUT2D eigenvalue weighted by Gasteiger charge is -2.29. The maximum atomic E-state index is 12.4. The van der Waals surface area contributed by atoms with Crippen molar-refractivity contribution in [1.29, 1.82) is 0 Å². The highest BCUT2D eigenvalue weighted by atomic mass is 16.5. The van der Waals surface area contributed by atoms with E-state index in [4.69, 9.17) is 4.74 Å². The Morgan fingerprint density at radius 1 is 1.25 bits per heavy atom. The molecule has 0 bridgehead atoms. The first-order valence-corrected chi connectivity index (χ1v) is 6.88. The monoisotopic (exact) mass is 224 g/mol. The van der Waals surface area contributed by atoms with Crippen LogP contribution >= 0.6 is 0 Å². The second kappa shape index (κ2) is 5.31. The summed E-state index contributed by atoms with van der Waals surface area (Å²) in [5.41, 5.74) is 0.0678. The minimum Gasteiger partial charge on any atom is -0.381 e. The van der Waals surface area contributed by atoms with Gasteiger partial charge in [0, 0.05) is 25.0 Å². The predicted octanol–water partition coefficient (Wildman–Crippen LogP) is 3.34. The summed E-state index contributed by atoms with van der Waals surface area (Å²) in [6.07, 6.45) is 8.85. The number of hydrogen-bond acceptors (Lipinski definition) is 2. The molecule has 1 saturated carbocycles. The van der Waals surface area contributed by atoms with Gasteiger partial charge in [-0.2, -0.15) is 0 Å². The van der Waals surface area contributed by atoms with Gasteiger partial charge in [0.2, 0.25) is 0 Å².